The van der Waals surface area contributed by atoms with Crippen LogP contribution in [0.4, 0.5) is 11.4 Å². The lowest BCUT2D eigenvalue weighted by Gasteiger charge is -2.14. The fourth-order valence-electron chi connectivity index (χ4n) is 1.53. The van der Waals surface area contributed by atoms with E-state index in [1.807, 2.05) is 30.3 Å². The summed E-state index contributed by atoms with van der Waals surface area (Å²) in [4.78, 5) is 0. The first kappa shape index (κ1) is 16.8. The largest absolute Gasteiger partial charge is 0.331 e. The van der Waals surface area contributed by atoms with Crippen molar-refractivity contribution in [2.45, 2.75) is 0 Å². The van der Waals surface area contributed by atoms with Crippen molar-refractivity contribution in [2.24, 2.45) is 0 Å². The summed E-state index contributed by atoms with van der Waals surface area (Å²) in [5.41, 5.74) is 7.07. The third-order valence-corrected chi connectivity index (χ3v) is 3.50. The average Bonchev–Trinajstić information content (AvgIpc) is 2.50. The number of nitrogens with one attached hydrogen (secondary N) is 4. The summed E-state index contributed by atoms with van der Waals surface area (Å²) < 4.78 is 0. The van der Waals surface area contributed by atoms with Crippen molar-refractivity contribution >= 4 is 69.2 Å². The summed E-state index contributed by atoms with van der Waals surface area (Å²) in [7, 11) is 0. The van der Waals surface area contributed by atoms with Crippen LogP contribution in [0.2, 0.25) is 10.0 Å². The number of anilines is 2. The molecule has 0 aliphatic heterocycles. The molecular weight excluding hydrogens is 359 g/mol. The zero-order valence-corrected chi connectivity index (χ0v) is 14.3. The summed E-state index contributed by atoms with van der Waals surface area (Å²) in [5.74, 6) is 0. The van der Waals surface area contributed by atoms with Gasteiger partial charge in [-0.25, -0.2) is 0 Å². The van der Waals surface area contributed by atoms with Gasteiger partial charge in [0.05, 0.1) is 10.7 Å². The predicted molar refractivity (Wildman–Crippen MR) is 102 cm³/mol. The maximum atomic E-state index is 6.03. The Bertz CT molecular complexity index is 677. The Morgan fingerprint density at radius 3 is 2.00 bits per heavy atom. The van der Waals surface area contributed by atoms with E-state index in [0.717, 1.165) is 5.69 Å². The van der Waals surface area contributed by atoms with Crippen molar-refractivity contribution in [2.75, 3.05) is 10.6 Å². The van der Waals surface area contributed by atoms with Gasteiger partial charge in [0.2, 0.25) is 0 Å². The standard InChI is InChI=1S/C14H12Cl2N4S2/c15-9-5-7-10(8-6-9)17-13(21)19-20-14(22)18-12-4-2-1-3-11(12)16/h1-8H,(H2,17,19,21)(H2,18,20,22). The molecule has 0 spiro atoms. The van der Waals surface area contributed by atoms with Gasteiger partial charge in [-0.05, 0) is 60.8 Å². The molecule has 2 rings (SSSR count). The van der Waals surface area contributed by atoms with Crippen molar-refractivity contribution in [1.82, 2.24) is 10.9 Å². The van der Waals surface area contributed by atoms with Crippen LogP contribution in [0.1, 0.15) is 0 Å². The normalized spacial score (nSPS) is 9.73. The zero-order valence-electron chi connectivity index (χ0n) is 11.2. The van der Waals surface area contributed by atoms with Gasteiger partial charge in [0, 0.05) is 10.7 Å². The van der Waals surface area contributed by atoms with Crippen molar-refractivity contribution in [3.63, 3.8) is 0 Å². The van der Waals surface area contributed by atoms with Crippen LogP contribution in [0.15, 0.2) is 48.5 Å². The average molecular weight is 371 g/mol. The van der Waals surface area contributed by atoms with Gasteiger partial charge in [0.15, 0.2) is 10.2 Å². The van der Waals surface area contributed by atoms with Crippen molar-refractivity contribution in [3.8, 4) is 0 Å². The first-order valence-electron chi connectivity index (χ1n) is 6.18. The van der Waals surface area contributed by atoms with E-state index in [-0.39, 0.29) is 0 Å². The minimum atomic E-state index is 0.341. The molecule has 8 heteroatoms. The van der Waals surface area contributed by atoms with Crippen LogP contribution in [0.5, 0.6) is 0 Å². The number of thiocarbonyl (C=S) groups is 2. The highest BCUT2D eigenvalue weighted by Crippen LogP contribution is 2.20. The molecule has 0 fully saturated rings. The molecule has 0 aromatic heterocycles. The lowest BCUT2D eigenvalue weighted by atomic mass is 10.3. The van der Waals surface area contributed by atoms with Crippen LogP contribution in [-0.4, -0.2) is 10.2 Å². The summed E-state index contributed by atoms with van der Waals surface area (Å²) in [6, 6.07) is 14.5. The molecule has 4 N–H and O–H groups in total. The molecule has 0 radical (unpaired) electrons. The van der Waals surface area contributed by atoms with Crippen molar-refractivity contribution in [1.29, 1.82) is 0 Å². The summed E-state index contributed by atoms with van der Waals surface area (Å²) >= 11 is 22.1. The van der Waals surface area contributed by atoms with E-state index in [0.29, 0.717) is 26.0 Å². The van der Waals surface area contributed by atoms with E-state index in [2.05, 4.69) is 21.5 Å². The van der Waals surface area contributed by atoms with E-state index >= 15 is 0 Å². The molecule has 0 saturated carbocycles. The molecule has 22 heavy (non-hydrogen) atoms. The van der Waals surface area contributed by atoms with Gasteiger partial charge in [-0.1, -0.05) is 35.3 Å². The van der Waals surface area contributed by atoms with Crippen LogP contribution >= 0.6 is 47.6 Å². The van der Waals surface area contributed by atoms with Gasteiger partial charge in [0.25, 0.3) is 0 Å². The fourth-order valence-corrected chi connectivity index (χ4v) is 2.16. The summed E-state index contributed by atoms with van der Waals surface area (Å²) in [6.07, 6.45) is 0. The minimum Gasteiger partial charge on any atom is -0.331 e. The molecule has 0 atom stereocenters. The van der Waals surface area contributed by atoms with Gasteiger partial charge in [-0.2, -0.15) is 0 Å². The minimum absolute atomic E-state index is 0.341. The van der Waals surface area contributed by atoms with E-state index in [9.17, 15) is 0 Å². The van der Waals surface area contributed by atoms with E-state index in [4.69, 9.17) is 47.6 Å². The van der Waals surface area contributed by atoms with Gasteiger partial charge in [0.1, 0.15) is 0 Å². The third kappa shape index (κ3) is 5.31. The van der Waals surface area contributed by atoms with Gasteiger partial charge < -0.3 is 10.6 Å². The second-order valence-electron chi connectivity index (χ2n) is 4.14. The van der Waals surface area contributed by atoms with Crippen LogP contribution in [-0.2, 0) is 0 Å². The number of para-hydroxylation sites is 1. The zero-order chi connectivity index (χ0) is 15.9. The molecular formula is C14H12Cl2N4S2. The monoisotopic (exact) mass is 370 g/mol. The lowest BCUT2D eigenvalue weighted by molar-refractivity contribution is 0.885. The van der Waals surface area contributed by atoms with Crippen LogP contribution < -0.4 is 21.5 Å². The van der Waals surface area contributed by atoms with E-state index < -0.39 is 0 Å². The second-order valence-corrected chi connectivity index (χ2v) is 5.81. The van der Waals surface area contributed by atoms with Crippen LogP contribution in [0.3, 0.4) is 0 Å². The molecule has 0 aliphatic carbocycles. The smallest absolute Gasteiger partial charge is 0.189 e. The maximum Gasteiger partial charge on any atom is 0.189 e. The molecule has 2 aromatic rings. The molecule has 114 valence electrons. The van der Waals surface area contributed by atoms with Gasteiger partial charge >= 0.3 is 0 Å². The third-order valence-electron chi connectivity index (χ3n) is 2.51. The van der Waals surface area contributed by atoms with Crippen molar-refractivity contribution in [3.05, 3.63) is 58.6 Å². The number of halogens is 2. The number of hydrazine groups is 1. The Morgan fingerprint density at radius 2 is 1.36 bits per heavy atom. The second kappa shape index (κ2) is 8.14. The summed E-state index contributed by atoms with van der Waals surface area (Å²) in [5, 5.41) is 7.89. The molecule has 0 amide bonds. The first-order chi connectivity index (χ1) is 10.5. The molecule has 0 unspecified atom stereocenters. The van der Waals surface area contributed by atoms with Gasteiger partial charge in [-0.3, -0.25) is 10.9 Å². The first-order valence-corrected chi connectivity index (χ1v) is 7.76. The maximum absolute atomic E-state index is 6.03. The SMILES string of the molecule is S=C(NNC(=S)Nc1ccccc1Cl)Nc1ccc(Cl)cc1. The Hall–Kier alpha value is -1.60. The predicted octanol–water partition coefficient (Wildman–Crippen LogP) is 4.18. The quantitative estimate of drug-likeness (QED) is 0.469. The molecule has 0 heterocycles. The fraction of sp³-hybridized carbons (Fsp3) is 0. The molecule has 2 aromatic carbocycles. The number of benzene rings is 2. The Morgan fingerprint density at radius 1 is 0.773 bits per heavy atom. The number of hydrogen-bond acceptors (Lipinski definition) is 2. The Balaban J connectivity index is 1.79. The van der Waals surface area contributed by atoms with Crippen molar-refractivity contribution < 1.29 is 0 Å². The highest BCUT2D eigenvalue weighted by atomic mass is 35.5. The van der Waals surface area contributed by atoms with E-state index in [1.54, 1.807) is 18.2 Å². The number of rotatable bonds is 2. The highest BCUT2D eigenvalue weighted by Gasteiger charge is 2.02. The Kier molecular flexibility index (Phi) is 6.21. The van der Waals surface area contributed by atoms with Crippen LogP contribution in [0, 0.1) is 0 Å². The topological polar surface area (TPSA) is 48.1 Å². The van der Waals surface area contributed by atoms with E-state index in [1.165, 1.54) is 0 Å². The number of hydrogen-bond donors (Lipinski definition) is 4. The molecule has 4 nitrogen and oxygen atoms in total. The summed E-state index contributed by atoms with van der Waals surface area (Å²) in [6.45, 7) is 0. The molecule has 0 bridgehead atoms. The molecule has 0 aliphatic rings. The Labute approximate surface area is 149 Å². The highest BCUT2D eigenvalue weighted by molar-refractivity contribution is 7.81. The van der Waals surface area contributed by atoms with Crippen LogP contribution in [0.25, 0.3) is 0 Å². The molecule has 0 saturated heterocycles. The van der Waals surface area contributed by atoms with Gasteiger partial charge in [-0.15, -0.1) is 0 Å². The lowest BCUT2D eigenvalue weighted by Crippen LogP contribution is -2.45.